The van der Waals surface area contributed by atoms with Crippen molar-refractivity contribution in [2.45, 2.75) is 18.3 Å². The molecule has 0 aliphatic rings. The molecule has 0 saturated carbocycles. The van der Waals surface area contributed by atoms with Gasteiger partial charge >= 0.3 is 0 Å². The van der Waals surface area contributed by atoms with Gasteiger partial charge in [0.1, 0.15) is 12.4 Å². The van der Waals surface area contributed by atoms with Gasteiger partial charge in [0.05, 0.1) is 10.7 Å². The van der Waals surface area contributed by atoms with Crippen molar-refractivity contribution in [1.82, 2.24) is 14.8 Å². The molecule has 0 bridgehead atoms. The lowest BCUT2D eigenvalue weighted by molar-refractivity contribution is -0.384. The number of hydrogen-bond acceptors (Lipinski definition) is 7. The zero-order chi connectivity index (χ0) is 23.9. The average Bonchev–Trinajstić information content (AvgIpc) is 3.23. The molecule has 0 aliphatic heterocycles. The first-order valence-corrected chi connectivity index (χ1v) is 11.3. The SMILES string of the molecule is C=CCn1c(COc2cccc3ccccc23)nnc1SCC(=O)Nc1ccc([N+](=O)[O-])cc1. The average molecular weight is 476 g/mol. The van der Waals surface area contributed by atoms with E-state index in [0.29, 0.717) is 23.2 Å². The Morgan fingerprint density at radius 3 is 2.65 bits per heavy atom. The number of carbonyl (C=O) groups is 1. The number of benzene rings is 3. The third kappa shape index (κ3) is 5.41. The summed E-state index contributed by atoms with van der Waals surface area (Å²) in [5.74, 6) is 1.20. The lowest BCUT2D eigenvalue weighted by atomic mass is 10.1. The van der Waals surface area contributed by atoms with Crippen LogP contribution in [0.1, 0.15) is 5.82 Å². The fourth-order valence-corrected chi connectivity index (χ4v) is 4.07. The van der Waals surface area contributed by atoms with E-state index in [1.165, 1.54) is 36.0 Å². The molecule has 0 unspecified atom stereocenters. The van der Waals surface area contributed by atoms with Gasteiger partial charge in [-0.25, -0.2) is 0 Å². The van der Waals surface area contributed by atoms with Crippen LogP contribution in [0.4, 0.5) is 11.4 Å². The quantitative estimate of drug-likeness (QED) is 0.151. The largest absolute Gasteiger partial charge is 0.485 e. The van der Waals surface area contributed by atoms with E-state index in [-0.39, 0.29) is 24.0 Å². The summed E-state index contributed by atoms with van der Waals surface area (Å²) in [4.78, 5) is 22.6. The van der Waals surface area contributed by atoms with Gasteiger partial charge in [-0.1, -0.05) is 54.2 Å². The van der Waals surface area contributed by atoms with E-state index in [0.717, 1.165) is 16.5 Å². The highest BCUT2D eigenvalue weighted by Gasteiger charge is 2.15. The number of anilines is 1. The number of allylic oxidation sites excluding steroid dienone is 1. The molecule has 4 aromatic rings. The number of non-ortho nitro benzene ring substituents is 1. The van der Waals surface area contributed by atoms with Crippen LogP contribution in [0.25, 0.3) is 10.8 Å². The summed E-state index contributed by atoms with van der Waals surface area (Å²) in [6.07, 6.45) is 1.73. The standard InChI is InChI=1S/C24H21N5O4S/c1-2-14-28-22(15-33-21-9-5-7-17-6-3-4-8-20(17)21)26-27-24(28)34-16-23(30)25-18-10-12-19(13-11-18)29(31)32/h2-13H,1,14-16H2,(H,25,30). The number of nitrogens with one attached hydrogen (secondary N) is 1. The Kier molecular flexibility index (Phi) is 7.19. The fraction of sp³-hybridized carbons (Fsp3) is 0.125. The number of nitro groups is 1. The molecule has 3 aromatic carbocycles. The number of rotatable bonds is 10. The summed E-state index contributed by atoms with van der Waals surface area (Å²) in [5, 5.41) is 24.6. The number of nitrogens with zero attached hydrogens (tertiary/aromatic N) is 4. The molecular weight excluding hydrogens is 454 g/mol. The lowest BCUT2D eigenvalue weighted by Gasteiger charge is -2.11. The second-order valence-electron chi connectivity index (χ2n) is 7.20. The van der Waals surface area contributed by atoms with Crippen LogP contribution in [0.15, 0.2) is 84.5 Å². The first-order valence-electron chi connectivity index (χ1n) is 10.4. The molecule has 0 fully saturated rings. The van der Waals surface area contributed by atoms with Crippen LogP contribution in [0.2, 0.25) is 0 Å². The van der Waals surface area contributed by atoms with Crippen LogP contribution < -0.4 is 10.1 Å². The fourth-order valence-electron chi connectivity index (χ4n) is 3.30. The number of thioether (sulfide) groups is 1. The molecule has 0 spiro atoms. The molecule has 1 heterocycles. The van der Waals surface area contributed by atoms with E-state index in [2.05, 4.69) is 22.1 Å². The molecule has 1 N–H and O–H groups in total. The van der Waals surface area contributed by atoms with Crippen LogP contribution in [0.5, 0.6) is 5.75 Å². The first-order chi connectivity index (χ1) is 16.5. The summed E-state index contributed by atoms with van der Waals surface area (Å²) in [6, 6.07) is 19.5. The number of nitro benzene ring substituents is 1. The number of carbonyl (C=O) groups excluding carboxylic acids is 1. The third-order valence-electron chi connectivity index (χ3n) is 4.91. The Bertz CT molecular complexity index is 1330. The number of amides is 1. The monoisotopic (exact) mass is 475 g/mol. The van der Waals surface area contributed by atoms with E-state index in [4.69, 9.17) is 4.74 Å². The van der Waals surface area contributed by atoms with Gasteiger partial charge in [-0.2, -0.15) is 0 Å². The molecule has 172 valence electrons. The van der Waals surface area contributed by atoms with Crippen molar-refractivity contribution in [3.05, 3.63) is 95.3 Å². The number of fused-ring (bicyclic) bond motifs is 1. The second kappa shape index (κ2) is 10.6. The van der Waals surface area contributed by atoms with E-state index in [9.17, 15) is 14.9 Å². The zero-order valence-corrected chi connectivity index (χ0v) is 18.9. The van der Waals surface area contributed by atoms with Crippen LogP contribution in [0.3, 0.4) is 0 Å². The maximum atomic E-state index is 12.3. The molecular formula is C24H21N5O4S. The Balaban J connectivity index is 1.40. The molecule has 34 heavy (non-hydrogen) atoms. The Morgan fingerprint density at radius 1 is 1.12 bits per heavy atom. The molecule has 0 saturated heterocycles. The van der Waals surface area contributed by atoms with Crippen LogP contribution in [-0.4, -0.2) is 31.3 Å². The second-order valence-corrected chi connectivity index (χ2v) is 8.15. The zero-order valence-electron chi connectivity index (χ0n) is 18.1. The molecule has 9 nitrogen and oxygen atoms in total. The molecule has 0 aliphatic carbocycles. The summed E-state index contributed by atoms with van der Waals surface area (Å²) in [5.41, 5.74) is 0.441. The maximum Gasteiger partial charge on any atom is 0.269 e. The number of aromatic nitrogens is 3. The van der Waals surface area contributed by atoms with Crippen molar-refractivity contribution in [3.63, 3.8) is 0 Å². The minimum atomic E-state index is -0.491. The summed E-state index contributed by atoms with van der Waals surface area (Å²) in [7, 11) is 0. The number of ether oxygens (including phenoxy) is 1. The van der Waals surface area contributed by atoms with Crippen molar-refractivity contribution in [1.29, 1.82) is 0 Å². The maximum absolute atomic E-state index is 12.3. The summed E-state index contributed by atoms with van der Waals surface area (Å²) in [6.45, 7) is 4.47. The topological polar surface area (TPSA) is 112 Å². The van der Waals surface area contributed by atoms with Gasteiger partial charge < -0.3 is 10.1 Å². The minimum Gasteiger partial charge on any atom is -0.485 e. The van der Waals surface area contributed by atoms with Crippen molar-refractivity contribution >= 4 is 39.8 Å². The molecule has 0 radical (unpaired) electrons. The van der Waals surface area contributed by atoms with Crippen LogP contribution in [0, 0.1) is 10.1 Å². The predicted molar refractivity (Wildman–Crippen MR) is 131 cm³/mol. The summed E-state index contributed by atoms with van der Waals surface area (Å²) < 4.78 is 7.89. The van der Waals surface area contributed by atoms with Gasteiger partial charge in [-0.3, -0.25) is 19.5 Å². The van der Waals surface area contributed by atoms with Crippen molar-refractivity contribution in [2.24, 2.45) is 0 Å². The third-order valence-corrected chi connectivity index (χ3v) is 5.87. The molecule has 0 atom stereocenters. The van der Waals surface area contributed by atoms with Crippen LogP contribution in [-0.2, 0) is 17.9 Å². The number of hydrogen-bond donors (Lipinski definition) is 1. The molecule has 4 rings (SSSR count). The van der Waals surface area contributed by atoms with Gasteiger partial charge in [0.15, 0.2) is 11.0 Å². The van der Waals surface area contributed by atoms with Gasteiger partial charge in [0.2, 0.25) is 5.91 Å². The molecule has 10 heteroatoms. The summed E-state index contributed by atoms with van der Waals surface area (Å²) >= 11 is 1.23. The van der Waals surface area contributed by atoms with E-state index < -0.39 is 4.92 Å². The van der Waals surface area contributed by atoms with Gasteiger partial charge in [0.25, 0.3) is 5.69 Å². The van der Waals surface area contributed by atoms with Gasteiger partial charge in [-0.15, -0.1) is 16.8 Å². The van der Waals surface area contributed by atoms with E-state index >= 15 is 0 Å². The highest BCUT2D eigenvalue weighted by Crippen LogP contribution is 2.26. The predicted octanol–water partition coefficient (Wildman–Crippen LogP) is 4.84. The van der Waals surface area contributed by atoms with E-state index in [1.54, 1.807) is 6.08 Å². The Morgan fingerprint density at radius 2 is 1.88 bits per heavy atom. The highest BCUT2D eigenvalue weighted by molar-refractivity contribution is 7.99. The first kappa shape index (κ1) is 23.0. The Hall–Kier alpha value is -4.18. The van der Waals surface area contributed by atoms with Crippen molar-refractivity contribution < 1.29 is 14.5 Å². The molecule has 1 aromatic heterocycles. The lowest BCUT2D eigenvalue weighted by Crippen LogP contribution is -2.15. The molecule has 1 amide bonds. The van der Waals surface area contributed by atoms with Crippen molar-refractivity contribution in [2.75, 3.05) is 11.1 Å². The highest BCUT2D eigenvalue weighted by atomic mass is 32.2. The van der Waals surface area contributed by atoms with Gasteiger partial charge in [-0.05, 0) is 23.6 Å². The Labute approximate surface area is 199 Å². The van der Waals surface area contributed by atoms with Crippen molar-refractivity contribution in [3.8, 4) is 5.75 Å². The minimum absolute atomic E-state index is 0.0388. The smallest absolute Gasteiger partial charge is 0.269 e. The normalized spacial score (nSPS) is 10.7. The van der Waals surface area contributed by atoms with Gasteiger partial charge in [0, 0.05) is 29.8 Å². The van der Waals surface area contributed by atoms with E-state index in [1.807, 2.05) is 47.0 Å². The van der Waals surface area contributed by atoms with Crippen LogP contribution >= 0.6 is 11.8 Å².